The van der Waals surface area contributed by atoms with Crippen molar-refractivity contribution in [2.75, 3.05) is 13.7 Å². The summed E-state index contributed by atoms with van der Waals surface area (Å²) in [5.74, 6) is -0.980. The molecule has 90 valence electrons. The summed E-state index contributed by atoms with van der Waals surface area (Å²) in [5.41, 5.74) is 0. The molecular weight excluding hydrogens is 212 g/mol. The summed E-state index contributed by atoms with van der Waals surface area (Å²) >= 11 is 0. The summed E-state index contributed by atoms with van der Waals surface area (Å²) in [5, 5.41) is 3.11. The molecule has 0 aliphatic rings. The number of ether oxygens (including phenoxy) is 1. The first-order valence-corrected chi connectivity index (χ1v) is 5.38. The lowest BCUT2D eigenvalue weighted by Crippen LogP contribution is -2.21. The summed E-state index contributed by atoms with van der Waals surface area (Å²) in [6, 6.07) is 3.62. The van der Waals surface area contributed by atoms with E-state index in [1.807, 2.05) is 7.05 Å². The predicted molar refractivity (Wildman–Crippen MR) is 59.6 cm³/mol. The van der Waals surface area contributed by atoms with Crippen molar-refractivity contribution < 1.29 is 13.5 Å². The third-order valence-corrected chi connectivity index (χ3v) is 2.38. The number of hydrogen-bond donors (Lipinski definition) is 1. The van der Waals surface area contributed by atoms with E-state index < -0.39 is 11.6 Å². The first-order chi connectivity index (χ1) is 7.61. The van der Waals surface area contributed by atoms with E-state index in [0.717, 1.165) is 18.9 Å². The van der Waals surface area contributed by atoms with Crippen molar-refractivity contribution in [2.24, 2.45) is 0 Å². The third kappa shape index (κ3) is 4.57. The minimum absolute atomic E-state index is 0.245. The molecule has 1 aromatic rings. The molecule has 0 amide bonds. The van der Waals surface area contributed by atoms with E-state index in [2.05, 4.69) is 12.2 Å². The molecule has 1 N–H and O–H groups in total. The molecule has 0 radical (unpaired) electrons. The van der Waals surface area contributed by atoms with Gasteiger partial charge in [0.1, 0.15) is 17.4 Å². The van der Waals surface area contributed by atoms with Gasteiger partial charge in [0.25, 0.3) is 0 Å². The second kappa shape index (κ2) is 6.43. The molecule has 0 saturated carbocycles. The average Bonchev–Trinajstić information content (AvgIpc) is 2.22. The maximum atomic E-state index is 12.8. The minimum atomic E-state index is -0.612. The van der Waals surface area contributed by atoms with Crippen LogP contribution in [0.1, 0.15) is 19.8 Å². The Hall–Kier alpha value is -1.16. The Morgan fingerprint density at radius 2 is 1.88 bits per heavy atom. The van der Waals surface area contributed by atoms with Crippen LogP contribution in [0.4, 0.5) is 8.78 Å². The summed E-state index contributed by atoms with van der Waals surface area (Å²) in [4.78, 5) is 0. The predicted octanol–water partition coefficient (Wildman–Crippen LogP) is 2.73. The molecule has 1 aromatic carbocycles. The quantitative estimate of drug-likeness (QED) is 0.757. The van der Waals surface area contributed by atoms with Gasteiger partial charge in [-0.15, -0.1) is 0 Å². The summed E-state index contributed by atoms with van der Waals surface area (Å²) in [7, 11) is 1.90. The Balaban J connectivity index is 2.32. The molecule has 0 aliphatic carbocycles. The van der Waals surface area contributed by atoms with Crippen molar-refractivity contribution in [1.29, 1.82) is 0 Å². The lowest BCUT2D eigenvalue weighted by molar-refractivity contribution is 0.296. The van der Waals surface area contributed by atoms with Gasteiger partial charge in [-0.05, 0) is 26.8 Å². The number of halogens is 2. The van der Waals surface area contributed by atoms with Crippen LogP contribution in [0.15, 0.2) is 18.2 Å². The van der Waals surface area contributed by atoms with Crippen LogP contribution in [0.5, 0.6) is 5.75 Å². The molecule has 0 saturated heterocycles. The lowest BCUT2D eigenvalue weighted by atomic mass is 10.2. The van der Waals surface area contributed by atoms with E-state index in [1.54, 1.807) is 0 Å². The van der Waals surface area contributed by atoms with E-state index in [1.165, 1.54) is 12.1 Å². The van der Waals surface area contributed by atoms with Crippen LogP contribution in [-0.4, -0.2) is 19.7 Å². The third-order valence-electron chi connectivity index (χ3n) is 2.38. The van der Waals surface area contributed by atoms with Gasteiger partial charge in [0.2, 0.25) is 0 Å². The highest BCUT2D eigenvalue weighted by Gasteiger charge is 2.02. The topological polar surface area (TPSA) is 21.3 Å². The highest BCUT2D eigenvalue weighted by molar-refractivity contribution is 5.23. The smallest absolute Gasteiger partial charge is 0.129 e. The van der Waals surface area contributed by atoms with Gasteiger partial charge in [-0.1, -0.05) is 0 Å². The summed E-state index contributed by atoms with van der Waals surface area (Å²) < 4.78 is 30.8. The molecule has 1 atom stereocenters. The van der Waals surface area contributed by atoms with Crippen LogP contribution in [0.3, 0.4) is 0 Å². The van der Waals surface area contributed by atoms with Crippen molar-refractivity contribution >= 4 is 0 Å². The zero-order valence-electron chi connectivity index (χ0n) is 9.59. The van der Waals surface area contributed by atoms with Crippen LogP contribution in [0.2, 0.25) is 0 Å². The van der Waals surface area contributed by atoms with Crippen LogP contribution >= 0.6 is 0 Å². The van der Waals surface area contributed by atoms with Crippen LogP contribution in [0.25, 0.3) is 0 Å². The number of nitrogens with one attached hydrogen (secondary N) is 1. The maximum Gasteiger partial charge on any atom is 0.129 e. The molecule has 2 nitrogen and oxygen atoms in total. The van der Waals surface area contributed by atoms with Gasteiger partial charge in [0, 0.05) is 24.2 Å². The second-order valence-corrected chi connectivity index (χ2v) is 3.79. The fourth-order valence-corrected chi connectivity index (χ4v) is 1.34. The second-order valence-electron chi connectivity index (χ2n) is 3.79. The molecule has 4 heteroatoms. The summed E-state index contributed by atoms with van der Waals surface area (Å²) in [6.07, 6.45) is 1.81. The molecule has 0 aliphatic heterocycles. The molecule has 0 fully saturated rings. The van der Waals surface area contributed by atoms with E-state index in [0.29, 0.717) is 12.6 Å². The Labute approximate surface area is 94.6 Å². The van der Waals surface area contributed by atoms with Crippen molar-refractivity contribution in [3.8, 4) is 5.75 Å². The van der Waals surface area contributed by atoms with Gasteiger partial charge in [-0.3, -0.25) is 0 Å². The molecule has 0 aromatic heterocycles. The Morgan fingerprint density at radius 1 is 1.25 bits per heavy atom. The summed E-state index contributed by atoms with van der Waals surface area (Å²) in [6.45, 7) is 2.54. The fraction of sp³-hybridized carbons (Fsp3) is 0.500. The largest absolute Gasteiger partial charge is 0.493 e. The monoisotopic (exact) mass is 229 g/mol. The molecule has 0 spiro atoms. The van der Waals surface area contributed by atoms with Gasteiger partial charge >= 0.3 is 0 Å². The van der Waals surface area contributed by atoms with Crippen LogP contribution < -0.4 is 10.1 Å². The number of rotatable bonds is 6. The standard InChI is InChI=1S/C12H17F2NO/c1-9(15-2)4-3-5-16-12-7-10(13)6-11(14)8-12/h6-9,15H,3-5H2,1-2H3. The molecule has 0 bridgehead atoms. The van der Waals surface area contributed by atoms with Crippen molar-refractivity contribution in [3.05, 3.63) is 29.8 Å². The zero-order valence-corrected chi connectivity index (χ0v) is 9.59. The molecule has 16 heavy (non-hydrogen) atoms. The van der Waals surface area contributed by atoms with Gasteiger partial charge in [0.15, 0.2) is 0 Å². The first-order valence-electron chi connectivity index (χ1n) is 5.38. The normalized spacial score (nSPS) is 12.5. The van der Waals surface area contributed by atoms with E-state index in [4.69, 9.17) is 4.74 Å². The highest BCUT2D eigenvalue weighted by Crippen LogP contribution is 2.15. The maximum absolute atomic E-state index is 12.8. The van der Waals surface area contributed by atoms with Crippen molar-refractivity contribution in [2.45, 2.75) is 25.8 Å². The Morgan fingerprint density at radius 3 is 2.44 bits per heavy atom. The van der Waals surface area contributed by atoms with Crippen molar-refractivity contribution in [1.82, 2.24) is 5.32 Å². The van der Waals surface area contributed by atoms with E-state index >= 15 is 0 Å². The van der Waals surface area contributed by atoms with Gasteiger partial charge in [-0.2, -0.15) is 0 Å². The molecule has 0 heterocycles. The zero-order chi connectivity index (χ0) is 12.0. The van der Waals surface area contributed by atoms with Gasteiger partial charge in [0.05, 0.1) is 6.61 Å². The number of benzene rings is 1. The minimum Gasteiger partial charge on any atom is -0.493 e. The van der Waals surface area contributed by atoms with Gasteiger partial charge in [-0.25, -0.2) is 8.78 Å². The Bertz CT molecular complexity index is 311. The lowest BCUT2D eigenvalue weighted by Gasteiger charge is -2.10. The van der Waals surface area contributed by atoms with Gasteiger partial charge < -0.3 is 10.1 Å². The SMILES string of the molecule is CNC(C)CCCOc1cc(F)cc(F)c1. The fourth-order valence-electron chi connectivity index (χ4n) is 1.34. The van der Waals surface area contributed by atoms with Crippen LogP contribution in [-0.2, 0) is 0 Å². The Kier molecular flexibility index (Phi) is 5.19. The highest BCUT2D eigenvalue weighted by atomic mass is 19.1. The van der Waals surface area contributed by atoms with Crippen molar-refractivity contribution in [3.63, 3.8) is 0 Å². The first kappa shape index (κ1) is 12.9. The molecular formula is C12H17F2NO. The number of hydrogen-bond acceptors (Lipinski definition) is 2. The average molecular weight is 229 g/mol. The van der Waals surface area contributed by atoms with E-state index in [9.17, 15) is 8.78 Å². The molecule has 1 unspecified atom stereocenters. The van der Waals surface area contributed by atoms with Crippen LogP contribution in [0, 0.1) is 11.6 Å². The van der Waals surface area contributed by atoms with E-state index in [-0.39, 0.29) is 5.75 Å². The molecule has 1 rings (SSSR count).